The summed E-state index contributed by atoms with van der Waals surface area (Å²) in [6.45, 7) is 2.04. The third-order valence-electron chi connectivity index (χ3n) is 4.45. The van der Waals surface area contributed by atoms with Crippen molar-refractivity contribution in [3.05, 3.63) is 0 Å². The molecule has 3 fully saturated rings. The number of ketones is 1. The molecule has 4 atom stereocenters. The smallest absolute Gasteiger partial charge is 0.149 e. The van der Waals surface area contributed by atoms with Crippen LogP contribution in [0.5, 0.6) is 0 Å². The van der Waals surface area contributed by atoms with E-state index in [0.29, 0.717) is 18.1 Å². The van der Waals surface area contributed by atoms with E-state index in [2.05, 4.69) is 0 Å². The predicted molar refractivity (Wildman–Crippen MR) is 53.3 cm³/mol. The quantitative estimate of drug-likeness (QED) is 0.643. The van der Waals surface area contributed by atoms with Crippen LogP contribution < -0.4 is 0 Å². The van der Waals surface area contributed by atoms with Crippen molar-refractivity contribution in [3.8, 4) is 0 Å². The molecule has 3 nitrogen and oxygen atoms in total. The lowest BCUT2D eigenvalue weighted by Crippen LogP contribution is -2.38. The van der Waals surface area contributed by atoms with Gasteiger partial charge in [-0.15, -0.1) is 0 Å². The van der Waals surface area contributed by atoms with Crippen LogP contribution in [0.3, 0.4) is 0 Å². The van der Waals surface area contributed by atoms with Crippen molar-refractivity contribution in [1.82, 2.24) is 0 Å². The molecular weight excluding hydrogens is 192 g/mol. The Bertz CT molecular complexity index is 321. The molecule has 15 heavy (non-hydrogen) atoms. The zero-order chi connectivity index (χ0) is 10.6. The van der Waals surface area contributed by atoms with Gasteiger partial charge in [0.25, 0.3) is 0 Å². The Balaban J connectivity index is 1.96. The molecule has 4 unspecified atom stereocenters. The Morgan fingerprint density at radius 2 is 2.13 bits per heavy atom. The van der Waals surface area contributed by atoms with Crippen molar-refractivity contribution in [1.29, 1.82) is 0 Å². The first kappa shape index (κ1) is 9.52. The van der Waals surface area contributed by atoms with Gasteiger partial charge in [-0.05, 0) is 32.1 Å². The SMILES string of the molecule is CC1(C2CC2)OC(C=O)C2CCC(=O)C21. The number of fused-ring (bicyclic) bond motifs is 1. The summed E-state index contributed by atoms with van der Waals surface area (Å²) in [6, 6.07) is 0. The van der Waals surface area contributed by atoms with Crippen LogP contribution in [0.1, 0.15) is 32.6 Å². The lowest BCUT2D eigenvalue weighted by Gasteiger charge is -2.28. The van der Waals surface area contributed by atoms with Gasteiger partial charge in [-0.2, -0.15) is 0 Å². The van der Waals surface area contributed by atoms with E-state index < -0.39 is 0 Å². The molecule has 3 rings (SSSR count). The summed E-state index contributed by atoms with van der Waals surface area (Å²) < 4.78 is 5.87. The molecule has 0 bridgehead atoms. The maximum Gasteiger partial charge on any atom is 0.149 e. The Labute approximate surface area is 89.2 Å². The summed E-state index contributed by atoms with van der Waals surface area (Å²) in [5.74, 6) is 0.997. The molecule has 3 aliphatic rings. The molecule has 0 aromatic rings. The molecule has 2 aliphatic carbocycles. The number of hydrogen-bond acceptors (Lipinski definition) is 3. The Kier molecular flexibility index (Phi) is 1.85. The second-order valence-electron chi connectivity index (χ2n) is 5.32. The molecule has 0 radical (unpaired) electrons. The summed E-state index contributed by atoms with van der Waals surface area (Å²) in [4.78, 5) is 22.8. The van der Waals surface area contributed by atoms with E-state index in [1.165, 1.54) is 0 Å². The lowest BCUT2D eigenvalue weighted by atomic mass is 9.79. The molecule has 2 saturated carbocycles. The zero-order valence-electron chi connectivity index (χ0n) is 8.94. The standard InChI is InChI=1S/C12H16O3/c1-12(7-2-3-7)11-8(4-5-9(11)14)10(6-13)15-12/h6-8,10-11H,2-5H2,1H3. The van der Waals surface area contributed by atoms with Gasteiger partial charge in [0, 0.05) is 12.3 Å². The van der Waals surface area contributed by atoms with Crippen LogP contribution in [0.4, 0.5) is 0 Å². The van der Waals surface area contributed by atoms with E-state index in [1.807, 2.05) is 6.92 Å². The van der Waals surface area contributed by atoms with Crippen LogP contribution in [0.2, 0.25) is 0 Å². The molecule has 0 aromatic heterocycles. The predicted octanol–water partition coefficient (Wildman–Crippen LogP) is 1.35. The first-order valence-corrected chi connectivity index (χ1v) is 5.82. The van der Waals surface area contributed by atoms with Crippen LogP contribution in [0, 0.1) is 17.8 Å². The molecule has 82 valence electrons. The topological polar surface area (TPSA) is 43.4 Å². The van der Waals surface area contributed by atoms with E-state index in [-0.39, 0.29) is 23.5 Å². The second-order valence-corrected chi connectivity index (χ2v) is 5.32. The van der Waals surface area contributed by atoms with E-state index in [9.17, 15) is 9.59 Å². The van der Waals surface area contributed by atoms with Gasteiger partial charge in [0.2, 0.25) is 0 Å². The molecule has 1 aliphatic heterocycles. The van der Waals surface area contributed by atoms with E-state index in [0.717, 1.165) is 25.5 Å². The highest BCUT2D eigenvalue weighted by Gasteiger charge is 2.62. The number of carbonyl (C=O) groups is 2. The third kappa shape index (κ3) is 1.16. The summed E-state index contributed by atoms with van der Waals surface area (Å²) in [7, 11) is 0. The Hall–Kier alpha value is -0.700. The minimum atomic E-state index is -0.330. The number of rotatable bonds is 2. The van der Waals surface area contributed by atoms with Gasteiger partial charge in [-0.3, -0.25) is 4.79 Å². The van der Waals surface area contributed by atoms with Crippen LogP contribution in [0.15, 0.2) is 0 Å². The molecule has 1 saturated heterocycles. The van der Waals surface area contributed by atoms with E-state index in [4.69, 9.17) is 4.74 Å². The van der Waals surface area contributed by atoms with E-state index in [1.54, 1.807) is 0 Å². The van der Waals surface area contributed by atoms with Crippen molar-refractivity contribution in [2.24, 2.45) is 17.8 Å². The number of ether oxygens (including phenoxy) is 1. The van der Waals surface area contributed by atoms with E-state index >= 15 is 0 Å². The maximum absolute atomic E-state index is 11.9. The van der Waals surface area contributed by atoms with Gasteiger partial charge in [0.05, 0.1) is 11.5 Å². The average Bonchev–Trinajstić information content (AvgIpc) is 2.94. The lowest BCUT2D eigenvalue weighted by molar-refractivity contribution is -0.134. The van der Waals surface area contributed by atoms with Crippen molar-refractivity contribution >= 4 is 12.1 Å². The van der Waals surface area contributed by atoms with Crippen LogP contribution in [-0.2, 0) is 14.3 Å². The fourth-order valence-electron chi connectivity index (χ4n) is 3.56. The van der Waals surface area contributed by atoms with Crippen LogP contribution in [0.25, 0.3) is 0 Å². The van der Waals surface area contributed by atoms with Gasteiger partial charge in [-0.1, -0.05) is 0 Å². The summed E-state index contributed by atoms with van der Waals surface area (Å²) in [6.07, 6.45) is 4.36. The second kappa shape index (κ2) is 2.91. The minimum absolute atomic E-state index is 0.000185. The minimum Gasteiger partial charge on any atom is -0.363 e. The normalized spacial score (nSPS) is 49.4. The molecule has 0 aromatic carbocycles. The highest BCUT2D eigenvalue weighted by molar-refractivity contribution is 5.86. The number of aldehydes is 1. The van der Waals surface area contributed by atoms with Crippen molar-refractivity contribution < 1.29 is 14.3 Å². The highest BCUT2D eigenvalue weighted by Crippen LogP contribution is 2.56. The molecule has 0 amide bonds. The molecule has 3 heteroatoms. The van der Waals surface area contributed by atoms with Crippen molar-refractivity contribution in [3.63, 3.8) is 0 Å². The van der Waals surface area contributed by atoms with Crippen molar-refractivity contribution in [2.45, 2.75) is 44.3 Å². The molecular formula is C12H16O3. The summed E-state index contributed by atoms with van der Waals surface area (Å²) >= 11 is 0. The average molecular weight is 208 g/mol. The van der Waals surface area contributed by atoms with Crippen LogP contribution in [-0.4, -0.2) is 23.8 Å². The number of Topliss-reactive ketones (excluding diaryl/α,β-unsaturated/α-hetero) is 1. The summed E-state index contributed by atoms with van der Waals surface area (Å²) in [5.41, 5.74) is -0.330. The molecule has 0 spiro atoms. The molecule has 0 N–H and O–H groups in total. The van der Waals surface area contributed by atoms with Gasteiger partial charge < -0.3 is 9.53 Å². The first-order chi connectivity index (χ1) is 7.16. The van der Waals surface area contributed by atoms with Crippen molar-refractivity contribution in [2.75, 3.05) is 0 Å². The molecule has 1 heterocycles. The monoisotopic (exact) mass is 208 g/mol. The zero-order valence-corrected chi connectivity index (χ0v) is 8.94. The Morgan fingerprint density at radius 3 is 2.73 bits per heavy atom. The largest absolute Gasteiger partial charge is 0.363 e. The van der Waals surface area contributed by atoms with Gasteiger partial charge in [0.1, 0.15) is 18.2 Å². The van der Waals surface area contributed by atoms with Gasteiger partial charge >= 0.3 is 0 Å². The fraction of sp³-hybridized carbons (Fsp3) is 0.833. The van der Waals surface area contributed by atoms with Gasteiger partial charge in [0.15, 0.2) is 0 Å². The number of hydrogen-bond donors (Lipinski definition) is 0. The highest BCUT2D eigenvalue weighted by atomic mass is 16.5. The van der Waals surface area contributed by atoms with Gasteiger partial charge in [-0.25, -0.2) is 0 Å². The number of carbonyl (C=O) groups excluding carboxylic acids is 2. The summed E-state index contributed by atoms with van der Waals surface area (Å²) in [5, 5.41) is 0. The Morgan fingerprint density at radius 1 is 1.40 bits per heavy atom. The van der Waals surface area contributed by atoms with Crippen LogP contribution >= 0.6 is 0 Å². The first-order valence-electron chi connectivity index (χ1n) is 5.82. The maximum atomic E-state index is 11.9. The third-order valence-corrected chi connectivity index (χ3v) is 4.45. The fourth-order valence-corrected chi connectivity index (χ4v) is 3.56.